The molecule has 0 atom stereocenters. The zero-order valence-electron chi connectivity index (χ0n) is 13.9. The monoisotopic (exact) mass is 407 g/mol. The van der Waals surface area contributed by atoms with Crippen LogP contribution in [0.5, 0.6) is 5.75 Å². The molecule has 7 heteroatoms. The zero-order chi connectivity index (χ0) is 18.5. The summed E-state index contributed by atoms with van der Waals surface area (Å²) in [5.41, 5.74) is 2.43. The Morgan fingerprint density at radius 2 is 1.88 bits per heavy atom. The van der Waals surface area contributed by atoms with Gasteiger partial charge in [-0.05, 0) is 25.1 Å². The van der Waals surface area contributed by atoms with Gasteiger partial charge in [-0.1, -0.05) is 53.0 Å². The number of hydrogen-bond acceptors (Lipinski definition) is 5. The molecule has 0 aliphatic heterocycles. The lowest BCUT2D eigenvalue weighted by Gasteiger charge is -2.08. The first kappa shape index (κ1) is 18.7. The highest BCUT2D eigenvalue weighted by Gasteiger charge is 2.13. The minimum atomic E-state index is -0.481. The molecule has 0 amide bonds. The second-order valence-electron chi connectivity index (χ2n) is 5.46. The Kier molecular flexibility index (Phi) is 6.14. The van der Waals surface area contributed by atoms with E-state index in [1.807, 2.05) is 31.2 Å². The van der Waals surface area contributed by atoms with E-state index in [2.05, 4.69) is 4.98 Å². The van der Waals surface area contributed by atoms with Crippen molar-refractivity contribution >= 4 is 40.5 Å². The fourth-order valence-electron chi connectivity index (χ4n) is 2.15. The first-order valence-corrected chi connectivity index (χ1v) is 9.44. The number of halogens is 2. The molecule has 4 nitrogen and oxygen atoms in total. The number of ether oxygens (including phenoxy) is 2. The molecule has 134 valence electrons. The van der Waals surface area contributed by atoms with Crippen LogP contribution in [0.2, 0.25) is 10.0 Å². The van der Waals surface area contributed by atoms with Gasteiger partial charge in [0.15, 0.2) is 5.69 Å². The standard InChI is InChI=1S/C19H15Cl2NO3S/c1-12-2-4-13(5-3-12)18-22-16(11-26-18)19(23)25-9-8-24-17-7-6-14(20)10-15(17)21/h2-7,10-11H,8-9H2,1H3. The molecule has 0 radical (unpaired) electrons. The van der Waals surface area contributed by atoms with Crippen molar-refractivity contribution in [1.82, 2.24) is 4.98 Å². The molecule has 0 N–H and O–H groups in total. The van der Waals surface area contributed by atoms with Crippen LogP contribution < -0.4 is 4.74 Å². The van der Waals surface area contributed by atoms with Crippen molar-refractivity contribution in [1.29, 1.82) is 0 Å². The third-order valence-corrected chi connectivity index (χ3v) is 4.90. The van der Waals surface area contributed by atoms with Gasteiger partial charge in [0.25, 0.3) is 0 Å². The summed E-state index contributed by atoms with van der Waals surface area (Å²) in [7, 11) is 0. The Morgan fingerprint density at radius 1 is 1.12 bits per heavy atom. The van der Waals surface area contributed by atoms with Crippen LogP contribution in [0.25, 0.3) is 10.6 Å². The van der Waals surface area contributed by atoms with E-state index in [0.717, 1.165) is 10.6 Å². The van der Waals surface area contributed by atoms with Crippen LogP contribution >= 0.6 is 34.5 Å². The second-order valence-corrected chi connectivity index (χ2v) is 7.16. The van der Waals surface area contributed by atoms with Gasteiger partial charge in [0.2, 0.25) is 0 Å². The number of esters is 1. The maximum Gasteiger partial charge on any atom is 0.357 e. The number of carbonyl (C=O) groups excluding carboxylic acids is 1. The summed E-state index contributed by atoms with van der Waals surface area (Å²) in [5, 5.41) is 3.41. The van der Waals surface area contributed by atoms with Gasteiger partial charge in [-0.3, -0.25) is 0 Å². The molecule has 2 aromatic carbocycles. The average molecular weight is 408 g/mol. The van der Waals surface area contributed by atoms with Crippen LogP contribution in [0.4, 0.5) is 0 Å². The summed E-state index contributed by atoms with van der Waals surface area (Å²) < 4.78 is 10.7. The molecule has 1 heterocycles. The van der Waals surface area contributed by atoms with Crippen LogP contribution in [0, 0.1) is 6.92 Å². The molecule has 0 spiro atoms. The minimum absolute atomic E-state index is 0.0924. The fraction of sp³-hybridized carbons (Fsp3) is 0.158. The third kappa shape index (κ3) is 4.75. The highest BCUT2D eigenvalue weighted by Crippen LogP contribution is 2.27. The molecule has 0 bridgehead atoms. The Morgan fingerprint density at radius 3 is 2.62 bits per heavy atom. The maximum absolute atomic E-state index is 12.1. The fourth-order valence-corrected chi connectivity index (χ4v) is 3.41. The second kappa shape index (κ2) is 8.54. The Balaban J connectivity index is 1.51. The van der Waals surface area contributed by atoms with Crippen molar-refractivity contribution in [2.24, 2.45) is 0 Å². The largest absolute Gasteiger partial charge is 0.488 e. The van der Waals surface area contributed by atoms with E-state index in [4.69, 9.17) is 32.7 Å². The predicted octanol–water partition coefficient (Wildman–Crippen LogP) is 5.66. The molecule has 0 aliphatic carbocycles. The van der Waals surface area contributed by atoms with Crippen LogP contribution in [-0.4, -0.2) is 24.2 Å². The van der Waals surface area contributed by atoms with Crippen LogP contribution in [0.1, 0.15) is 16.1 Å². The maximum atomic E-state index is 12.1. The normalized spacial score (nSPS) is 10.6. The number of thiazole rings is 1. The van der Waals surface area contributed by atoms with E-state index >= 15 is 0 Å². The van der Waals surface area contributed by atoms with Crippen molar-refractivity contribution in [3.8, 4) is 16.3 Å². The van der Waals surface area contributed by atoms with E-state index in [9.17, 15) is 4.79 Å². The Labute approximate surface area is 165 Å². The van der Waals surface area contributed by atoms with Gasteiger partial charge in [0.05, 0.1) is 5.02 Å². The van der Waals surface area contributed by atoms with Crippen molar-refractivity contribution in [3.63, 3.8) is 0 Å². The van der Waals surface area contributed by atoms with E-state index < -0.39 is 5.97 Å². The molecule has 3 rings (SSSR count). The first-order chi connectivity index (χ1) is 12.5. The molecule has 0 aliphatic rings. The summed E-state index contributed by atoms with van der Waals surface area (Å²) in [5.74, 6) is 0.00726. The lowest BCUT2D eigenvalue weighted by Crippen LogP contribution is -2.12. The van der Waals surface area contributed by atoms with Crippen molar-refractivity contribution < 1.29 is 14.3 Å². The summed E-state index contributed by atoms with van der Waals surface area (Å²) in [6.07, 6.45) is 0. The van der Waals surface area contributed by atoms with Gasteiger partial charge in [-0.2, -0.15) is 0 Å². The number of nitrogens with zero attached hydrogens (tertiary/aromatic N) is 1. The SMILES string of the molecule is Cc1ccc(-c2nc(C(=O)OCCOc3ccc(Cl)cc3Cl)cs2)cc1. The summed E-state index contributed by atoms with van der Waals surface area (Å²) in [6.45, 7) is 2.30. The molecule has 0 saturated carbocycles. The Bertz CT molecular complexity index is 909. The molecule has 3 aromatic rings. The molecular formula is C19H15Cl2NO3S. The lowest BCUT2D eigenvalue weighted by atomic mass is 10.2. The van der Waals surface area contributed by atoms with E-state index in [1.165, 1.54) is 16.9 Å². The number of carbonyl (C=O) groups is 1. The highest BCUT2D eigenvalue weighted by atomic mass is 35.5. The van der Waals surface area contributed by atoms with E-state index in [0.29, 0.717) is 15.8 Å². The third-order valence-electron chi connectivity index (χ3n) is 3.48. The predicted molar refractivity (Wildman–Crippen MR) is 105 cm³/mol. The van der Waals surface area contributed by atoms with Gasteiger partial charge in [-0.25, -0.2) is 9.78 Å². The highest BCUT2D eigenvalue weighted by molar-refractivity contribution is 7.13. The van der Waals surface area contributed by atoms with Gasteiger partial charge in [0.1, 0.15) is 24.0 Å². The summed E-state index contributed by atoms with van der Waals surface area (Å²) in [4.78, 5) is 16.4. The van der Waals surface area contributed by atoms with Gasteiger partial charge in [0, 0.05) is 16.0 Å². The number of aromatic nitrogens is 1. The number of benzene rings is 2. The van der Waals surface area contributed by atoms with Crippen LogP contribution in [0.3, 0.4) is 0 Å². The molecule has 0 unspecified atom stereocenters. The quantitative estimate of drug-likeness (QED) is 0.390. The summed E-state index contributed by atoms with van der Waals surface area (Å²) in [6, 6.07) is 12.9. The van der Waals surface area contributed by atoms with Crippen molar-refractivity contribution in [3.05, 3.63) is 69.1 Å². The van der Waals surface area contributed by atoms with Gasteiger partial charge >= 0.3 is 5.97 Å². The topological polar surface area (TPSA) is 48.4 Å². The van der Waals surface area contributed by atoms with Crippen LogP contribution in [-0.2, 0) is 4.74 Å². The molecule has 0 saturated heterocycles. The minimum Gasteiger partial charge on any atom is -0.488 e. The first-order valence-electron chi connectivity index (χ1n) is 7.80. The summed E-state index contributed by atoms with van der Waals surface area (Å²) >= 11 is 13.2. The number of aryl methyl sites for hydroxylation is 1. The molecule has 1 aromatic heterocycles. The van der Waals surface area contributed by atoms with Gasteiger partial charge < -0.3 is 9.47 Å². The molecule has 26 heavy (non-hydrogen) atoms. The Hall–Kier alpha value is -2.08. The number of rotatable bonds is 6. The molecule has 0 fully saturated rings. The van der Waals surface area contributed by atoms with Crippen molar-refractivity contribution in [2.45, 2.75) is 6.92 Å². The smallest absolute Gasteiger partial charge is 0.357 e. The van der Waals surface area contributed by atoms with E-state index in [-0.39, 0.29) is 18.9 Å². The number of hydrogen-bond donors (Lipinski definition) is 0. The lowest BCUT2D eigenvalue weighted by molar-refractivity contribution is 0.0445. The zero-order valence-corrected chi connectivity index (χ0v) is 16.2. The molecular weight excluding hydrogens is 393 g/mol. The van der Waals surface area contributed by atoms with Crippen molar-refractivity contribution in [2.75, 3.05) is 13.2 Å². The average Bonchev–Trinajstić information content (AvgIpc) is 3.11. The van der Waals surface area contributed by atoms with E-state index in [1.54, 1.807) is 23.6 Å². The van der Waals surface area contributed by atoms with Gasteiger partial charge in [-0.15, -0.1) is 11.3 Å². The van der Waals surface area contributed by atoms with Crippen LogP contribution in [0.15, 0.2) is 47.8 Å².